The predicted octanol–water partition coefficient (Wildman–Crippen LogP) is 2.00. The molecule has 0 amide bonds. The molecule has 2 nitrogen and oxygen atoms in total. The van der Waals surface area contributed by atoms with Crippen molar-refractivity contribution in [1.29, 1.82) is 0 Å². The molecule has 0 bridgehead atoms. The van der Waals surface area contributed by atoms with Gasteiger partial charge >= 0.3 is 0 Å². The third-order valence-corrected chi connectivity index (χ3v) is 3.87. The number of hydrogen-bond donors (Lipinski definition) is 1. The zero-order valence-electron chi connectivity index (χ0n) is 9.73. The van der Waals surface area contributed by atoms with Crippen molar-refractivity contribution in [1.82, 2.24) is 4.90 Å². The van der Waals surface area contributed by atoms with Crippen LogP contribution in [0.2, 0.25) is 0 Å². The van der Waals surface area contributed by atoms with Crippen LogP contribution in [0.25, 0.3) is 0 Å². The zero-order chi connectivity index (χ0) is 11.0. The molecule has 2 fully saturated rings. The minimum atomic E-state index is 0.240. The molecule has 1 saturated heterocycles. The molecular weight excluding hydrogens is 196 g/mol. The zero-order valence-corrected chi connectivity index (χ0v) is 9.73. The van der Waals surface area contributed by atoms with Crippen molar-refractivity contribution in [2.75, 3.05) is 13.1 Å². The Hall–Kier alpha value is -0.860. The molecule has 3 rings (SSSR count). The summed E-state index contributed by atoms with van der Waals surface area (Å²) in [5.41, 5.74) is 7.80. The van der Waals surface area contributed by atoms with Gasteiger partial charge in [-0.1, -0.05) is 30.3 Å². The highest BCUT2D eigenvalue weighted by Gasteiger charge is 2.42. The lowest BCUT2D eigenvalue weighted by Crippen LogP contribution is -2.48. The molecule has 2 heteroatoms. The van der Waals surface area contributed by atoms with E-state index in [0.29, 0.717) is 0 Å². The Morgan fingerprint density at radius 3 is 2.50 bits per heavy atom. The second kappa shape index (κ2) is 3.86. The summed E-state index contributed by atoms with van der Waals surface area (Å²) in [4.78, 5) is 2.52. The van der Waals surface area contributed by atoms with Gasteiger partial charge in [0.15, 0.2) is 0 Å². The Balaban J connectivity index is 1.44. The van der Waals surface area contributed by atoms with Crippen molar-refractivity contribution in [2.24, 2.45) is 11.7 Å². The summed E-state index contributed by atoms with van der Waals surface area (Å²) < 4.78 is 0. The first-order valence-electron chi connectivity index (χ1n) is 6.29. The van der Waals surface area contributed by atoms with Gasteiger partial charge in [-0.25, -0.2) is 0 Å². The molecule has 0 atom stereocenters. The van der Waals surface area contributed by atoms with Crippen LogP contribution in [0.3, 0.4) is 0 Å². The van der Waals surface area contributed by atoms with Gasteiger partial charge in [-0.2, -0.15) is 0 Å². The molecule has 1 aliphatic carbocycles. The van der Waals surface area contributed by atoms with Gasteiger partial charge in [0, 0.05) is 25.2 Å². The summed E-state index contributed by atoms with van der Waals surface area (Å²) in [5, 5.41) is 0. The highest BCUT2D eigenvalue weighted by Crippen LogP contribution is 2.40. The summed E-state index contributed by atoms with van der Waals surface area (Å²) in [6, 6.07) is 10.7. The third kappa shape index (κ3) is 2.28. The van der Waals surface area contributed by atoms with Gasteiger partial charge in [0.2, 0.25) is 0 Å². The number of nitrogens with zero attached hydrogens (tertiary/aromatic N) is 1. The lowest BCUT2D eigenvalue weighted by molar-refractivity contribution is 0.0796. The minimum absolute atomic E-state index is 0.240. The highest BCUT2D eigenvalue weighted by atomic mass is 15.2. The molecule has 1 aliphatic heterocycles. The van der Waals surface area contributed by atoms with Gasteiger partial charge < -0.3 is 5.73 Å². The van der Waals surface area contributed by atoms with E-state index < -0.39 is 0 Å². The van der Waals surface area contributed by atoms with E-state index >= 15 is 0 Å². The predicted molar refractivity (Wildman–Crippen MR) is 66.0 cm³/mol. The van der Waals surface area contributed by atoms with Crippen molar-refractivity contribution < 1.29 is 0 Å². The van der Waals surface area contributed by atoms with Crippen molar-refractivity contribution in [2.45, 2.75) is 31.3 Å². The summed E-state index contributed by atoms with van der Waals surface area (Å²) in [6.45, 7) is 3.59. The van der Waals surface area contributed by atoms with E-state index in [1.165, 1.54) is 37.9 Å². The van der Waals surface area contributed by atoms with Crippen LogP contribution in [0, 0.1) is 5.92 Å². The monoisotopic (exact) mass is 216 g/mol. The second-order valence-electron chi connectivity index (χ2n) is 5.61. The Morgan fingerprint density at radius 2 is 1.88 bits per heavy atom. The minimum Gasteiger partial charge on any atom is -0.325 e. The van der Waals surface area contributed by atoms with Gasteiger partial charge in [-0.05, 0) is 30.7 Å². The number of likely N-dealkylation sites (tertiary alicyclic amines) is 1. The van der Waals surface area contributed by atoms with E-state index in [-0.39, 0.29) is 5.54 Å². The first kappa shape index (κ1) is 10.3. The molecule has 0 unspecified atom stereocenters. The van der Waals surface area contributed by atoms with Gasteiger partial charge in [0.25, 0.3) is 0 Å². The van der Waals surface area contributed by atoms with Crippen molar-refractivity contribution in [3.05, 3.63) is 35.9 Å². The molecule has 2 N–H and O–H groups in total. The first-order valence-corrected chi connectivity index (χ1v) is 6.29. The molecule has 1 saturated carbocycles. The lowest BCUT2D eigenvalue weighted by Gasteiger charge is -2.40. The third-order valence-electron chi connectivity index (χ3n) is 3.87. The molecule has 1 aromatic carbocycles. The second-order valence-corrected chi connectivity index (χ2v) is 5.61. The van der Waals surface area contributed by atoms with E-state index in [0.717, 1.165) is 12.5 Å². The van der Waals surface area contributed by atoms with Crippen molar-refractivity contribution in [3.8, 4) is 0 Å². The average Bonchev–Trinajstić information content (AvgIpc) is 2.95. The number of hydrogen-bond acceptors (Lipinski definition) is 2. The van der Waals surface area contributed by atoms with Crippen LogP contribution < -0.4 is 5.73 Å². The summed E-state index contributed by atoms with van der Waals surface area (Å²) in [7, 11) is 0. The Labute approximate surface area is 97.4 Å². The molecule has 1 heterocycles. The topological polar surface area (TPSA) is 29.3 Å². The van der Waals surface area contributed by atoms with Gasteiger partial charge in [-0.3, -0.25) is 4.90 Å². The number of nitrogens with two attached hydrogens (primary N) is 1. The molecule has 0 aromatic heterocycles. The SMILES string of the molecule is NC1(CC2CN(Cc3ccccc3)C2)CC1. The lowest BCUT2D eigenvalue weighted by atomic mass is 9.91. The summed E-state index contributed by atoms with van der Waals surface area (Å²) in [5.74, 6) is 0.858. The van der Waals surface area contributed by atoms with Crippen LogP contribution in [0.15, 0.2) is 30.3 Å². The smallest absolute Gasteiger partial charge is 0.0233 e. The van der Waals surface area contributed by atoms with E-state index in [2.05, 4.69) is 35.2 Å². The van der Waals surface area contributed by atoms with Crippen LogP contribution >= 0.6 is 0 Å². The van der Waals surface area contributed by atoms with Crippen molar-refractivity contribution in [3.63, 3.8) is 0 Å². The van der Waals surface area contributed by atoms with E-state index in [1.807, 2.05) is 0 Å². The Bertz CT molecular complexity index is 350. The van der Waals surface area contributed by atoms with Gasteiger partial charge in [0.1, 0.15) is 0 Å². The van der Waals surface area contributed by atoms with Gasteiger partial charge in [-0.15, -0.1) is 0 Å². The maximum atomic E-state index is 6.14. The molecular formula is C14H20N2. The molecule has 86 valence electrons. The Kier molecular flexibility index (Phi) is 2.49. The fourth-order valence-corrected chi connectivity index (χ4v) is 2.72. The Morgan fingerprint density at radius 1 is 1.19 bits per heavy atom. The molecule has 1 aromatic rings. The fraction of sp³-hybridized carbons (Fsp3) is 0.571. The fourth-order valence-electron chi connectivity index (χ4n) is 2.72. The van der Waals surface area contributed by atoms with Gasteiger partial charge in [0.05, 0.1) is 0 Å². The first-order chi connectivity index (χ1) is 7.73. The summed E-state index contributed by atoms with van der Waals surface area (Å²) in [6.07, 6.45) is 3.75. The molecule has 16 heavy (non-hydrogen) atoms. The number of rotatable bonds is 4. The largest absolute Gasteiger partial charge is 0.325 e. The standard InChI is InChI=1S/C14H20N2/c15-14(6-7-14)8-13-10-16(11-13)9-12-4-2-1-3-5-12/h1-5,13H,6-11,15H2. The van der Waals surface area contributed by atoms with Crippen LogP contribution in [0.5, 0.6) is 0 Å². The maximum Gasteiger partial charge on any atom is 0.0233 e. The number of benzene rings is 1. The highest BCUT2D eigenvalue weighted by molar-refractivity contribution is 5.15. The quantitative estimate of drug-likeness (QED) is 0.834. The normalized spacial score (nSPS) is 24.1. The molecule has 0 radical (unpaired) electrons. The maximum absolute atomic E-state index is 6.14. The van der Waals surface area contributed by atoms with E-state index in [1.54, 1.807) is 0 Å². The molecule has 2 aliphatic rings. The van der Waals surface area contributed by atoms with Crippen LogP contribution in [-0.2, 0) is 6.54 Å². The average molecular weight is 216 g/mol. The van der Waals surface area contributed by atoms with Crippen molar-refractivity contribution >= 4 is 0 Å². The van der Waals surface area contributed by atoms with E-state index in [4.69, 9.17) is 5.73 Å². The van der Waals surface area contributed by atoms with Crippen LogP contribution in [0.1, 0.15) is 24.8 Å². The van der Waals surface area contributed by atoms with Crippen LogP contribution in [0.4, 0.5) is 0 Å². The molecule has 0 spiro atoms. The van der Waals surface area contributed by atoms with Crippen LogP contribution in [-0.4, -0.2) is 23.5 Å². The summed E-state index contributed by atoms with van der Waals surface area (Å²) >= 11 is 0. The van der Waals surface area contributed by atoms with E-state index in [9.17, 15) is 0 Å².